The van der Waals surface area contributed by atoms with Crippen LogP contribution < -0.4 is 5.32 Å². The molecule has 0 aromatic heterocycles. The van der Waals surface area contributed by atoms with Crippen molar-refractivity contribution >= 4 is 11.8 Å². The lowest BCUT2D eigenvalue weighted by atomic mass is 10.2. The second-order valence-electron chi connectivity index (χ2n) is 4.74. The van der Waals surface area contributed by atoms with E-state index in [2.05, 4.69) is 47.8 Å². The molecule has 100 valence electrons. The number of hydrogen-bond acceptors (Lipinski definition) is 4. The SMILES string of the molecule is CSc1ccc(CN(C)CC2CNCCO2)cc1. The van der Waals surface area contributed by atoms with Crippen LogP contribution in [0.25, 0.3) is 0 Å². The van der Waals surface area contributed by atoms with Crippen LogP contribution in [0.1, 0.15) is 5.56 Å². The van der Waals surface area contributed by atoms with Gasteiger partial charge < -0.3 is 10.1 Å². The zero-order valence-corrected chi connectivity index (χ0v) is 12.0. The van der Waals surface area contributed by atoms with Crippen molar-refractivity contribution in [2.45, 2.75) is 17.5 Å². The van der Waals surface area contributed by atoms with E-state index in [0.717, 1.165) is 32.8 Å². The van der Waals surface area contributed by atoms with Gasteiger partial charge in [0.05, 0.1) is 12.7 Å². The van der Waals surface area contributed by atoms with Gasteiger partial charge in [0.15, 0.2) is 0 Å². The van der Waals surface area contributed by atoms with Crippen molar-refractivity contribution in [3.05, 3.63) is 29.8 Å². The van der Waals surface area contributed by atoms with Crippen LogP contribution in [0.3, 0.4) is 0 Å². The standard InChI is InChI=1S/C14H22N2OS/c1-16(11-13-9-15-7-8-17-13)10-12-3-5-14(18-2)6-4-12/h3-6,13,15H,7-11H2,1-2H3. The summed E-state index contributed by atoms with van der Waals surface area (Å²) in [5.74, 6) is 0. The number of hydrogen-bond donors (Lipinski definition) is 1. The van der Waals surface area contributed by atoms with Gasteiger partial charge in [-0.15, -0.1) is 11.8 Å². The molecule has 0 amide bonds. The quantitative estimate of drug-likeness (QED) is 0.822. The summed E-state index contributed by atoms with van der Waals surface area (Å²) in [5, 5.41) is 3.36. The van der Waals surface area contributed by atoms with Crippen LogP contribution in [0, 0.1) is 0 Å². The summed E-state index contributed by atoms with van der Waals surface area (Å²) < 4.78 is 5.72. The molecule has 0 radical (unpaired) electrons. The zero-order chi connectivity index (χ0) is 12.8. The third-order valence-corrected chi connectivity index (χ3v) is 3.87. The van der Waals surface area contributed by atoms with Crippen molar-refractivity contribution in [2.24, 2.45) is 0 Å². The van der Waals surface area contributed by atoms with E-state index in [-0.39, 0.29) is 0 Å². The van der Waals surface area contributed by atoms with Gasteiger partial charge in [-0.2, -0.15) is 0 Å². The lowest BCUT2D eigenvalue weighted by Crippen LogP contribution is -2.44. The van der Waals surface area contributed by atoms with Crippen molar-refractivity contribution in [3.8, 4) is 0 Å². The van der Waals surface area contributed by atoms with Crippen LogP contribution >= 0.6 is 11.8 Å². The number of rotatable bonds is 5. The summed E-state index contributed by atoms with van der Waals surface area (Å²) in [6, 6.07) is 8.80. The molecule has 18 heavy (non-hydrogen) atoms. The second kappa shape index (κ2) is 7.14. The van der Waals surface area contributed by atoms with E-state index in [1.807, 2.05) is 0 Å². The molecule has 1 N–H and O–H groups in total. The van der Waals surface area contributed by atoms with Crippen LogP contribution in [-0.2, 0) is 11.3 Å². The average molecular weight is 266 g/mol. The zero-order valence-electron chi connectivity index (χ0n) is 11.2. The molecule has 1 aromatic carbocycles. The molecule has 2 rings (SSSR count). The first-order valence-corrected chi connectivity index (χ1v) is 7.64. The predicted octanol–water partition coefficient (Wildman–Crippen LogP) is 1.83. The van der Waals surface area contributed by atoms with Gasteiger partial charge in [0.1, 0.15) is 0 Å². The van der Waals surface area contributed by atoms with E-state index in [0.29, 0.717) is 6.10 Å². The summed E-state index contributed by atoms with van der Waals surface area (Å²) in [4.78, 5) is 3.65. The van der Waals surface area contributed by atoms with Crippen molar-refractivity contribution in [1.82, 2.24) is 10.2 Å². The monoisotopic (exact) mass is 266 g/mol. The summed E-state index contributed by atoms with van der Waals surface area (Å²) in [7, 11) is 2.15. The molecular formula is C14H22N2OS. The molecule has 1 saturated heterocycles. The third kappa shape index (κ3) is 4.28. The number of nitrogens with one attached hydrogen (secondary N) is 1. The van der Waals surface area contributed by atoms with Gasteiger partial charge in [0, 0.05) is 31.1 Å². The molecule has 1 unspecified atom stereocenters. The highest BCUT2D eigenvalue weighted by Crippen LogP contribution is 2.15. The summed E-state index contributed by atoms with van der Waals surface area (Å²) in [5.41, 5.74) is 1.36. The lowest BCUT2D eigenvalue weighted by molar-refractivity contribution is 0.00885. The summed E-state index contributed by atoms with van der Waals surface area (Å²) in [6.45, 7) is 4.75. The van der Waals surface area contributed by atoms with Gasteiger partial charge in [-0.3, -0.25) is 4.90 Å². The fraction of sp³-hybridized carbons (Fsp3) is 0.571. The average Bonchev–Trinajstić information content (AvgIpc) is 2.40. The Bertz CT molecular complexity index is 349. The molecule has 0 bridgehead atoms. The topological polar surface area (TPSA) is 24.5 Å². The van der Waals surface area contributed by atoms with Gasteiger partial charge in [0.25, 0.3) is 0 Å². The Morgan fingerprint density at radius 2 is 2.17 bits per heavy atom. The first-order valence-electron chi connectivity index (χ1n) is 6.41. The minimum atomic E-state index is 0.328. The van der Waals surface area contributed by atoms with E-state index in [1.165, 1.54) is 10.5 Å². The highest BCUT2D eigenvalue weighted by atomic mass is 32.2. The second-order valence-corrected chi connectivity index (χ2v) is 5.62. The number of morpholine rings is 1. The van der Waals surface area contributed by atoms with E-state index in [9.17, 15) is 0 Å². The largest absolute Gasteiger partial charge is 0.374 e. The van der Waals surface area contributed by atoms with Crippen molar-refractivity contribution in [3.63, 3.8) is 0 Å². The lowest BCUT2D eigenvalue weighted by Gasteiger charge is -2.28. The van der Waals surface area contributed by atoms with Gasteiger partial charge in [-0.1, -0.05) is 12.1 Å². The maximum Gasteiger partial charge on any atom is 0.0826 e. The number of nitrogens with zero attached hydrogens (tertiary/aromatic N) is 1. The fourth-order valence-electron chi connectivity index (χ4n) is 2.19. The highest BCUT2D eigenvalue weighted by Gasteiger charge is 2.15. The van der Waals surface area contributed by atoms with E-state index in [1.54, 1.807) is 11.8 Å². The van der Waals surface area contributed by atoms with Crippen molar-refractivity contribution in [2.75, 3.05) is 39.5 Å². The van der Waals surface area contributed by atoms with Crippen LogP contribution in [0.5, 0.6) is 0 Å². The molecule has 3 nitrogen and oxygen atoms in total. The molecule has 1 atom stereocenters. The molecule has 1 aliphatic heterocycles. The van der Waals surface area contributed by atoms with Crippen LogP contribution in [0.15, 0.2) is 29.2 Å². The maximum absolute atomic E-state index is 5.72. The molecule has 0 saturated carbocycles. The molecule has 1 aliphatic rings. The van der Waals surface area contributed by atoms with Crippen molar-refractivity contribution < 1.29 is 4.74 Å². The molecule has 0 aliphatic carbocycles. The van der Waals surface area contributed by atoms with Crippen LogP contribution in [0.2, 0.25) is 0 Å². The van der Waals surface area contributed by atoms with Gasteiger partial charge in [0.2, 0.25) is 0 Å². The molecule has 0 spiro atoms. The minimum absolute atomic E-state index is 0.328. The molecular weight excluding hydrogens is 244 g/mol. The first kappa shape index (κ1) is 13.9. The Hall–Kier alpha value is -0.550. The van der Waals surface area contributed by atoms with Crippen LogP contribution in [0.4, 0.5) is 0 Å². The number of benzene rings is 1. The molecule has 1 heterocycles. The Morgan fingerprint density at radius 1 is 1.39 bits per heavy atom. The Labute approximate surface area is 114 Å². The summed E-state index contributed by atoms with van der Waals surface area (Å²) in [6.07, 6.45) is 2.43. The number of thioether (sulfide) groups is 1. The Kier molecular flexibility index (Phi) is 5.50. The normalized spacial score (nSPS) is 20.3. The van der Waals surface area contributed by atoms with E-state index < -0.39 is 0 Å². The number of likely N-dealkylation sites (N-methyl/N-ethyl adjacent to an activating group) is 1. The van der Waals surface area contributed by atoms with Gasteiger partial charge in [-0.05, 0) is 31.0 Å². The number of ether oxygens (including phenoxy) is 1. The first-order chi connectivity index (χ1) is 8.78. The van der Waals surface area contributed by atoms with Crippen LogP contribution in [-0.4, -0.2) is 50.5 Å². The molecule has 4 heteroatoms. The highest BCUT2D eigenvalue weighted by molar-refractivity contribution is 7.98. The Morgan fingerprint density at radius 3 is 2.78 bits per heavy atom. The Balaban J connectivity index is 1.80. The molecule has 1 aromatic rings. The fourth-order valence-corrected chi connectivity index (χ4v) is 2.60. The smallest absolute Gasteiger partial charge is 0.0826 e. The van der Waals surface area contributed by atoms with Gasteiger partial charge in [-0.25, -0.2) is 0 Å². The predicted molar refractivity (Wildman–Crippen MR) is 77.2 cm³/mol. The van der Waals surface area contributed by atoms with Crippen molar-refractivity contribution in [1.29, 1.82) is 0 Å². The third-order valence-electron chi connectivity index (χ3n) is 3.13. The van der Waals surface area contributed by atoms with E-state index >= 15 is 0 Å². The van der Waals surface area contributed by atoms with Gasteiger partial charge >= 0.3 is 0 Å². The minimum Gasteiger partial charge on any atom is -0.374 e. The van der Waals surface area contributed by atoms with E-state index in [4.69, 9.17) is 4.74 Å². The maximum atomic E-state index is 5.72. The summed E-state index contributed by atoms with van der Waals surface area (Å²) >= 11 is 1.78. The molecule has 1 fully saturated rings.